The van der Waals surface area contributed by atoms with E-state index >= 15 is 0 Å². The Kier molecular flexibility index (Phi) is 13.7. The number of aliphatic hydroxyl groups is 1. The van der Waals surface area contributed by atoms with E-state index in [2.05, 4.69) is 48.4 Å². The van der Waals surface area contributed by atoms with E-state index < -0.39 is 17.8 Å². The highest BCUT2D eigenvalue weighted by atomic mass is 19.1. The number of fused-ring (bicyclic) bond motifs is 1. The summed E-state index contributed by atoms with van der Waals surface area (Å²) in [5, 5.41) is 24.2. The quantitative estimate of drug-likeness (QED) is 0.122. The average molecular weight is 836 g/mol. The van der Waals surface area contributed by atoms with Crippen molar-refractivity contribution in [2.75, 3.05) is 78.6 Å². The lowest BCUT2D eigenvalue weighted by atomic mass is 9.85. The fraction of sp³-hybridized carbons (Fsp3) is 0.553. The zero-order valence-corrected chi connectivity index (χ0v) is 35.6. The van der Waals surface area contributed by atoms with Crippen molar-refractivity contribution in [1.29, 1.82) is 5.41 Å². The third-order valence-corrected chi connectivity index (χ3v) is 13.7. The van der Waals surface area contributed by atoms with Crippen LogP contribution in [-0.4, -0.2) is 143 Å². The SMILES string of the molecule is CC(=N)/C(=C1/N=C(C2CCN(CCCCCN3CCC(c4cc(F)cc5c4CN(C4CCC(=O)NC4=O)C5=O)CC3)CC2)C=C(N2CCN(CCO)CC2)N1)c1ccccc1. The van der Waals surface area contributed by atoms with Crippen molar-refractivity contribution in [2.24, 2.45) is 10.9 Å². The number of carbonyl (C=O) groups excluding carboxylic acids is 3. The van der Waals surface area contributed by atoms with Crippen LogP contribution >= 0.6 is 0 Å². The molecule has 326 valence electrons. The highest BCUT2D eigenvalue weighted by Crippen LogP contribution is 2.38. The number of β-amino-alcohol motifs (C(OH)–C–C–N with tert-alkyl or cyclic N) is 1. The molecule has 6 aliphatic rings. The molecule has 3 amide bonds. The number of unbranched alkanes of at least 4 members (excludes halogenated alkanes) is 2. The number of benzene rings is 2. The minimum Gasteiger partial charge on any atom is -0.395 e. The third-order valence-electron chi connectivity index (χ3n) is 13.7. The van der Waals surface area contributed by atoms with Crippen molar-refractivity contribution >= 4 is 34.7 Å². The number of nitrogens with one attached hydrogen (secondary N) is 3. The first-order chi connectivity index (χ1) is 29.6. The second-order valence-electron chi connectivity index (χ2n) is 17.7. The summed E-state index contributed by atoms with van der Waals surface area (Å²) < 4.78 is 14.9. The Bertz CT molecular complexity index is 2050. The normalized spacial score (nSPS) is 23.4. The molecule has 0 radical (unpaired) electrons. The van der Waals surface area contributed by atoms with E-state index in [1.165, 1.54) is 17.4 Å². The van der Waals surface area contributed by atoms with Crippen LogP contribution in [0, 0.1) is 17.1 Å². The second-order valence-corrected chi connectivity index (χ2v) is 17.7. The molecule has 14 heteroatoms. The lowest BCUT2D eigenvalue weighted by molar-refractivity contribution is -0.136. The molecule has 4 N–H and O–H groups in total. The summed E-state index contributed by atoms with van der Waals surface area (Å²) in [5.41, 5.74) is 5.49. The van der Waals surface area contributed by atoms with Gasteiger partial charge in [-0.05, 0) is 126 Å². The maximum atomic E-state index is 14.9. The number of rotatable bonds is 14. The predicted octanol–water partition coefficient (Wildman–Crippen LogP) is 4.55. The summed E-state index contributed by atoms with van der Waals surface area (Å²) in [5.74, 6) is 0.812. The van der Waals surface area contributed by atoms with Gasteiger partial charge in [0.2, 0.25) is 11.8 Å². The highest BCUT2D eigenvalue weighted by Gasteiger charge is 2.41. The van der Waals surface area contributed by atoms with Crippen LogP contribution in [0.1, 0.15) is 97.7 Å². The molecule has 61 heavy (non-hydrogen) atoms. The fourth-order valence-electron chi connectivity index (χ4n) is 10.3. The van der Waals surface area contributed by atoms with E-state index in [9.17, 15) is 23.9 Å². The molecule has 1 atom stereocenters. The lowest BCUT2D eigenvalue weighted by Crippen LogP contribution is -2.52. The first-order valence-electron chi connectivity index (χ1n) is 22.6. The van der Waals surface area contributed by atoms with Gasteiger partial charge in [-0.3, -0.25) is 24.6 Å². The van der Waals surface area contributed by atoms with Crippen LogP contribution in [0.4, 0.5) is 4.39 Å². The first kappa shape index (κ1) is 42.9. The number of piperazine rings is 1. The molecule has 2 aromatic rings. The minimum absolute atomic E-state index is 0.165. The number of allylic oxidation sites excluding steroid dienone is 2. The summed E-state index contributed by atoms with van der Waals surface area (Å²) >= 11 is 0. The van der Waals surface area contributed by atoms with Gasteiger partial charge in [0, 0.05) is 80.2 Å². The molecule has 4 fully saturated rings. The largest absolute Gasteiger partial charge is 0.395 e. The number of halogens is 1. The van der Waals surface area contributed by atoms with Crippen LogP contribution in [0.15, 0.2) is 65.2 Å². The average Bonchev–Trinajstić information content (AvgIpc) is 3.59. The van der Waals surface area contributed by atoms with Crippen LogP contribution in [0.5, 0.6) is 0 Å². The second kappa shape index (κ2) is 19.5. The van der Waals surface area contributed by atoms with Crippen molar-refractivity contribution in [3.63, 3.8) is 0 Å². The Morgan fingerprint density at radius 2 is 1.48 bits per heavy atom. The standard InChI is InChI=1S/C47H62FN9O4/c1-32(49)44(35-8-4-2-5-9-35)45-50-40(30-42(51-45)56-24-22-55(23-25-56)26-27-58)34-14-20-54(21-15-34)17-7-3-6-16-53-18-12-33(13-19-53)37-28-36(48)29-38-39(37)31-57(47(38)61)41-10-11-43(59)52-46(41)60/h2,4-5,8-9,28-30,33-34,41,49,51,58H,3,6-7,10-27,31H2,1H3,(H,52,59,60)/b45-44+,49-32?. The molecule has 0 bridgehead atoms. The van der Waals surface area contributed by atoms with Gasteiger partial charge in [-0.2, -0.15) is 0 Å². The molecule has 0 saturated carbocycles. The number of hydrogen-bond acceptors (Lipinski definition) is 11. The number of likely N-dealkylation sites (tertiary alicyclic amines) is 2. The number of nitrogens with zero attached hydrogens (tertiary/aromatic N) is 6. The van der Waals surface area contributed by atoms with E-state index in [1.54, 1.807) is 6.07 Å². The Morgan fingerprint density at radius 3 is 2.11 bits per heavy atom. The lowest BCUT2D eigenvalue weighted by Gasteiger charge is -2.39. The topological polar surface area (TPSA) is 148 Å². The minimum atomic E-state index is -0.706. The molecule has 6 aliphatic heterocycles. The molecule has 6 heterocycles. The number of hydrogen-bond donors (Lipinski definition) is 4. The van der Waals surface area contributed by atoms with Crippen molar-refractivity contribution < 1.29 is 23.9 Å². The number of aliphatic hydroxyl groups excluding tert-OH is 1. The summed E-state index contributed by atoms with van der Waals surface area (Å²) in [6.45, 7) is 12.6. The van der Waals surface area contributed by atoms with Gasteiger partial charge in [-0.25, -0.2) is 9.38 Å². The molecule has 0 aromatic heterocycles. The van der Waals surface area contributed by atoms with Gasteiger partial charge in [-0.15, -0.1) is 0 Å². The molecular formula is C47H62FN9O4. The molecule has 0 spiro atoms. The first-order valence-corrected chi connectivity index (χ1v) is 22.6. The smallest absolute Gasteiger partial charge is 0.255 e. The Hall–Kier alpha value is -4.76. The molecular weight excluding hydrogens is 774 g/mol. The predicted molar refractivity (Wildman–Crippen MR) is 234 cm³/mol. The zero-order chi connectivity index (χ0) is 42.5. The zero-order valence-electron chi connectivity index (χ0n) is 35.6. The number of imide groups is 1. The van der Waals surface area contributed by atoms with Crippen molar-refractivity contribution in [3.05, 3.63) is 88.3 Å². The third kappa shape index (κ3) is 9.98. The van der Waals surface area contributed by atoms with E-state index in [4.69, 9.17) is 10.4 Å². The number of carbonyl (C=O) groups is 3. The van der Waals surface area contributed by atoms with E-state index in [1.807, 2.05) is 25.1 Å². The molecule has 1 unspecified atom stereocenters. The summed E-state index contributed by atoms with van der Waals surface area (Å²) in [4.78, 5) is 54.2. The van der Waals surface area contributed by atoms with Crippen LogP contribution in [-0.2, 0) is 16.1 Å². The number of amides is 3. The fourth-order valence-corrected chi connectivity index (χ4v) is 10.3. The molecule has 0 aliphatic carbocycles. The van der Waals surface area contributed by atoms with Gasteiger partial charge in [-0.1, -0.05) is 36.8 Å². The van der Waals surface area contributed by atoms with E-state index in [0.717, 1.165) is 144 Å². The van der Waals surface area contributed by atoms with Gasteiger partial charge < -0.3 is 35.4 Å². The Morgan fingerprint density at radius 1 is 0.820 bits per heavy atom. The van der Waals surface area contributed by atoms with Gasteiger partial charge in [0.25, 0.3) is 5.91 Å². The highest BCUT2D eigenvalue weighted by molar-refractivity contribution is 6.22. The Balaban J connectivity index is 0.803. The monoisotopic (exact) mass is 835 g/mol. The summed E-state index contributed by atoms with van der Waals surface area (Å²) in [7, 11) is 0. The van der Waals surface area contributed by atoms with Crippen LogP contribution in [0.2, 0.25) is 0 Å². The molecule has 2 aromatic carbocycles. The van der Waals surface area contributed by atoms with Crippen molar-refractivity contribution in [2.45, 2.75) is 83.2 Å². The van der Waals surface area contributed by atoms with Gasteiger partial charge in [0.05, 0.1) is 6.61 Å². The van der Waals surface area contributed by atoms with Gasteiger partial charge >= 0.3 is 0 Å². The maximum Gasteiger partial charge on any atom is 0.255 e. The van der Waals surface area contributed by atoms with Gasteiger partial charge in [0.15, 0.2) is 0 Å². The summed E-state index contributed by atoms with van der Waals surface area (Å²) in [6, 6.07) is 12.3. The summed E-state index contributed by atoms with van der Waals surface area (Å²) in [6.07, 6.45) is 10.1. The van der Waals surface area contributed by atoms with E-state index in [-0.39, 0.29) is 37.3 Å². The van der Waals surface area contributed by atoms with Crippen LogP contribution < -0.4 is 10.6 Å². The van der Waals surface area contributed by atoms with E-state index in [0.29, 0.717) is 30.2 Å². The Labute approximate surface area is 359 Å². The molecule has 13 nitrogen and oxygen atoms in total. The van der Waals surface area contributed by atoms with Crippen LogP contribution in [0.3, 0.4) is 0 Å². The van der Waals surface area contributed by atoms with Crippen LogP contribution in [0.25, 0.3) is 5.57 Å². The number of aliphatic imine (C=N–C) groups is 1. The molecule has 8 rings (SSSR count). The van der Waals surface area contributed by atoms with Crippen molar-refractivity contribution in [1.82, 2.24) is 35.1 Å². The van der Waals surface area contributed by atoms with Gasteiger partial charge in [0.1, 0.15) is 23.5 Å². The maximum absolute atomic E-state index is 14.9. The number of piperidine rings is 3. The molecule has 4 saturated heterocycles. The van der Waals surface area contributed by atoms with Crippen molar-refractivity contribution in [3.8, 4) is 0 Å².